The minimum absolute atomic E-state index is 0.000612. The van der Waals surface area contributed by atoms with Gasteiger partial charge in [0.15, 0.2) is 0 Å². The predicted octanol–water partition coefficient (Wildman–Crippen LogP) is 4.84. The first-order valence-electron chi connectivity index (χ1n) is 7.74. The van der Waals surface area contributed by atoms with E-state index in [0.29, 0.717) is 17.7 Å². The van der Waals surface area contributed by atoms with E-state index in [0.717, 1.165) is 24.2 Å². The van der Waals surface area contributed by atoms with Gasteiger partial charge in [-0.05, 0) is 36.3 Å². The van der Waals surface area contributed by atoms with Crippen LogP contribution in [0.4, 0.5) is 5.69 Å². The monoisotopic (exact) mass is 322 g/mol. The Labute approximate surface area is 141 Å². The standard InChI is InChI=1S/C19H18N2O3/c1-2-3-12-24-19-7-5-4-6-16(19)13-17(14-20)15-8-10-18(11-9-15)21(22)23/h4-11,13H,2-3,12H2,1H3. The summed E-state index contributed by atoms with van der Waals surface area (Å²) < 4.78 is 5.77. The molecule has 5 heteroatoms. The molecule has 5 nitrogen and oxygen atoms in total. The second-order valence-electron chi connectivity index (χ2n) is 5.21. The number of nitrogens with zero attached hydrogens (tertiary/aromatic N) is 2. The fourth-order valence-electron chi connectivity index (χ4n) is 2.16. The Bertz CT molecular complexity index is 774. The minimum Gasteiger partial charge on any atom is -0.493 e. The van der Waals surface area contributed by atoms with Gasteiger partial charge in [-0.1, -0.05) is 31.5 Å². The Morgan fingerprint density at radius 2 is 1.96 bits per heavy atom. The van der Waals surface area contributed by atoms with Crippen molar-refractivity contribution < 1.29 is 9.66 Å². The van der Waals surface area contributed by atoms with Crippen molar-refractivity contribution in [3.05, 3.63) is 69.8 Å². The average Bonchev–Trinajstić information content (AvgIpc) is 2.61. The van der Waals surface area contributed by atoms with Crippen molar-refractivity contribution in [1.82, 2.24) is 0 Å². The van der Waals surface area contributed by atoms with E-state index in [1.807, 2.05) is 24.3 Å². The zero-order chi connectivity index (χ0) is 17.4. The van der Waals surface area contributed by atoms with Gasteiger partial charge < -0.3 is 4.74 Å². The van der Waals surface area contributed by atoms with Gasteiger partial charge in [-0.25, -0.2) is 0 Å². The molecule has 24 heavy (non-hydrogen) atoms. The highest BCUT2D eigenvalue weighted by Crippen LogP contribution is 2.25. The third kappa shape index (κ3) is 4.43. The molecule has 0 unspecified atom stereocenters. The van der Waals surface area contributed by atoms with Crippen molar-refractivity contribution >= 4 is 17.3 Å². The zero-order valence-corrected chi connectivity index (χ0v) is 13.4. The Morgan fingerprint density at radius 1 is 1.25 bits per heavy atom. The third-order valence-electron chi connectivity index (χ3n) is 3.48. The minimum atomic E-state index is -0.462. The summed E-state index contributed by atoms with van der Waals surface area (Å²) in [6.07, 6.45) is 3.75. The van der Waals surface area contributed by atoms with Gasteiger partial charge in [-0.2, -0.15) is 5.26 Å². The molecule has 2 aromatic rings. The number of nitro benzene ring substituents is 1. The van der Waals surface area contributed by atoms with Crippen LogP contribution in [0.3, 0.4) is 0 Å². The van der Waals surface area contributed by atoms with E-state index in [2.05, 4.69) is 13.0 Å². The number of allylic oxidation sites excluding steroid dienone is 1. The number of nitro groups is 1. The van der Waals surface area contributed by atoms with E-state index in [9.17, 15) is 15.4 Å². The molecule has 0 aromatic heterocycles. The molecule has 0 bridgehead atoms. The van der Waals surface area contributed by atoms with Crippen molar-refractivity contribution in [3.63, 3.8) is 0 Å². The van der Waals surface area contributed by atoms with Gasteiger partial charge in [-0.15, -0.1) is 0 Å². The molecule has 0 atom stereocenters. The van der Waals surface area contributed by atoms with Crippen molar-refractivity contribution in [2.24, 2.45) is 0 Å². The van der Waals surface area contributed by atoms with E-state index in [-0.39, 0.29) is 5.69 Å². The van der Waals surface area contributed by atoms with Crippen molar-refractivity contribution in [2.45, 2.75) is 19.8 Å². The number of hydrogen-bond donors (Lipinski definition) is 0. The lowest BCUT2D eigenvalue weighted by atomic mass is 10.0. The van der Waals surface area contributed by atoms with Gasteiger partial charge >= 0.3 is 0 Å². The summed E-state index contributed by atoms with van der Waals surface area (Å²) in [4.78, 5) is 10.3. The summed E-state index contributed by atoms with van der Waals surface area (Å²) in [5.74, 6) is 0.723. The lowest BCUT2D eigenvalue weighted by molar-refractivity contribution is -0.384. The molecular formula is C19H18N2O3. The Balaban J connectivity index is 2.30. The van der Waals surface area contributed by atoms with Gasteiger partial charge in [0.25, 0.3) is 5.69 Å². The second kappa shape index (κ2) is 8.49. The van der Waals surface area contributed by atoms with Crippen LogP contribution in [0.2, 0.25) is 0 Å². The van der Waals surface area contributed by atoms with Crippen LogP contribution < -0.4 is 4.74 Å². The maximum absolute atomic E-state index is 10.7. The fraction of sp³-hybridized carbons (Fsp3) is 0.211. The molecule has 0 saturated heterocycles. The van der Waals surface area contributed by atoms with E-state index in [4.69, 9.17) is 4.74 Å². The second-order valence-corrected chi connectivity index (χ2v) is 5.21. The Hall–Kier alpha value is -3.13. The summed E-state index contributed by atoms with van der Waals surface area (Å²) in [5.41, 5.74) is 1.87. The Kier molecular flexibility index (Phi) is 6.09. The number of benzene rings is 2. The highest BCUT2D eigenvalue weighted by molar-refractivity contribution is 5.90. The molecule has 0 aliphatic carbocycles. The van der Waals surface area contributed by atoms with E-state index >= 15 is 0 Å². The highest BCUT2D eigenvalue weighted by Gasteiger charge is 2.08. The highest BCUT2D eigenvalue weighted by atomic mass is 16.6. The van der Waals surface area contributed by atoms with Gasteiger partial charge in [-0.3, -0.25) is 10.1 Å². The first-order chi connectivity index (χ1) is 11.7. The van der Waals surface area contributed by atoms with Gasteiger partial charge in [0.2, 0.25) is 0 Å². The zero-order valence-electron chi connectivity index (χ0n) is 13.4. The molecular weight excluding hydrogens is 304 g/mol. The lowest BCUT2D eigenvalue weighted by Crippen LogP contribution is -1.98. The van der Waals surface area contributed by atoms with Crippen LogP contribution in [0.25, 0.3) is 11.6 Å². The molecule has 0 saturated carbocycles. The number of hydrogen-bond acceptors (Lipinski definition) is 4. The number of para-hydroxylation sites is 1. The normalized spacial score (nSPS) is 10.9. The van der Waals surface area contributed by atoms with Crippen molar-refractivity contribution in [3.8, 4) is 11.8 Å². The molecule has 0 N–H and O–H groups in total. The fourth-order valence-corrected chi connectivity index (χ4v) is 2.16. The van der Waals surface area contributed by atoms with Crippen LogP contribution in [0.15, 0.2) is 48.5 Å². The van der Waals surface area contributed by atoms with Crippen LogP contribution >= 0.6 is 0 Å². The van der Waals surface area contributed by atoms with Crippen LogP contribution in [0.5, 0.6) is 5.75 Å². The van der Waals surface area contributed by atoms with E-state index in [1.54, 1.807) is 18.2 Å². The number of non-ortho nitro benzene ring substituents is 1. The number of rotatable bonds is 7. The van der Waals surface area contributed by atoms with Crippen molar-refractivity contribution in [1.29, 1.82) is 5.26 Å². The molecule has 0 amide bonds. The number of ether oxygens (including phenoxy) is 1. The quantitative estimate of drug-likeness (QED) is 0.240. The largest absolute Gasteiger partial charge is 0.493 e. The smallest absolute Gasteiger partial charge is 0.269 e. The van der Waals surface area contributed by atoms with E-state index < -0.39 is 4.92 Å². The first kappa shape index (κ1) is 17.2. The topological polar surface area (TPSA) is 76.2 Å². The van der Waals surface area contributed by atoms with E-state index in [1.165, 1.54) is 12.1 Å². The lowest BCUT2D eigenvalue weighted by Gasteiger charge is -2.09. The summed E-state index contributed by atoms with van der Waals surface area (Å²) in [6, 6.07) is 15.6. The molecule has 2 aromatic carbocycles. The number of unbranched alkanes of at least 4 members (excludes halogenated alkanes) is 1. The summed E-state index contributed by atoms with van der Waals surface area (Å²) >= 11 is 0. The molecule has 0 spiro atoms. The van der Waals surface area contributed by atoms with Crippen LogP contribution in [0, 0.1) is 21.4 Å². The average molecular weight is 322 g/mol. The van der Waals surface area contributed by atoms with Crippen LogP contribution in [-0.4, -0.2) is 11.5 Å². The molecule has 0 fully saturated rings. The maximum atomic E-state index is 10.7. The van der Waals surface area contributed by atoms with Crippen molar-refractivity contribution in [2.75, 3.05) is 6.61 Å². The summed E-state index contributed by atoms with van der Waals surface area (Å²) in [5, 5.41) is 20.2. The Morgan fingerprint density at radius 3 is 2.58 bits per heavy atom. The maximum Gasteiger partial charge on any atom is 0.269 e. The molecule has 0 aliphatic rings. The summed E-state index contributed by atoms with van der Waals surface area (Å²) in [7, 11) is 0. The third-order valence-corrected chi connectivity index (χ3v) is 3.48. The SMILES string of the molecule is CCCCOc1ccccc1C=C(C#N)c1ccc([N+](=O)[O-])cc1. The van der Waals surface area contributed by atoms with Gasteiger partial charge in [0.05, 0.1) is 23.2 Å². The molecule has 122 valence electrons. The number of nitriles is 1. The molecule has 2 rings (SSSR count). The predicted molar refractivity (Wildman–Crippen MR) is 93.4 cm³/mol. The van der Waals surface area contributed by atoms with Gasteiger partial charge in [0.1, 0.15) is 5.75 Å². The summed E-state index contributed by atoms with van der Waals surface area (Å²) in [6.45, 7) is 2.72. The van der Waals surface area contributed by atoms with Gasteiger partial charge in [0, 0.05) is 17.7 Å². The van der Waals surface area contributed by atoms with Crippen LogP contribution in [-0.2, 0) is 0 Å². The van der Waals surface area contributed by atoms with Crippen LogP contribution in [0.1, 0.15) is 30.9 Å². The molecule has 0 heterocycles. The first-order valence-corrected chi connectivity index (χ1v) is 7.74. The molecule has 0 radical (unpaired) electrons. The molecule has 0 aliphatic heterocycles.